The number of amides is 2. The first-order valence-corrected chi connectivity index (χ1v) is 12.8. The summed E-state index contributed by atoms with van der Waals surface area (Å²) in [7, 11) is 0. The summed E-state index contributed by atoms with van der Waals surface area (Å²) < 4.78 is 0. The smallest absolute Gasteiger partial charge is 0.292 e. The lowest BCUT2D eigenvalue weighted by molar-refractivity contribution is -0.128. The summed E-state index contributed by atoms with van der Waals surface area (Å²) in [4.78, 5) is 54.8. The molecule has 1 aliphatic carbocycles. The highest BCUT2D eigenvalue weighted by Gasteiger charge is 2.39. The molecule has 10 nitrogen and oxygen atoms in total. The van der Waals surface area contributed by atoms with E-state index in [1.807, 2.05) is 26.8 Å². The molecule has 0 unspecified atom stereocenters. The maximum atomic E-state index is 13.6. The molecule has 0 bridgehead atoms. The van der Waals surface area contributed by atoms with Crippen LogP contribution in [0.25, 0.3) is 0 Å². The van der Waals surface area contributed by atoms with Crippen molar-refractivity contribution in [2.75, 3.05) is 13.1 Å². The van der Waals surface area contributed by atoms with Crippen molar-refractivity contribution < 1.29 is 14.4 Å². The minimum Gasteiger partial charge on any atom is -0.373 e. The Morgan fingerprint density at radius 1 is 1.32 bits per heavy atom. The molecule has 0 spiro atoms. The van der Waals surface area contributed by atoms with E-state index in [1.165, 1.54) is 11.1 Å². The molecule has 2 amide bonds. The van der Waals surface area contributed by atoms with E-state index in [0.717, 1.165) is 6.21 Å². The summed E-state index contributed by atoms with van der Waals surface area (Å²) in [6.45, 7) is 8.76. The van der Waals surface area contributed by atoms with Gasteiger partial charge in [-0.25, -0.2) is 0 Å². The zero-order valence-corrected chi connectivity index (χ0v) is 23.7. The normalized spacial score (nSPS) is 20.0. The third-order valence-electron chi connectivity index (χ3n) is 6.51. The van der Waals surface area contributed by atoms with Crippen LogP contribution in [0.2, 0.25) is 10.0 Å². The number of hydrogen-bond donors (Lipinski definition) is 2. The number of halogens is 2. The summed E-state index contributed by atoms with van der Waals surface area (Å²) in [5.74, 6) is -1.88. The molecular formula is C26H32Cl2N6O4. The van der Waals surface area contributed by atoms with Crippen molar-refractivity contribution in [1.29, 1.82) is 10.7 Å². The van der Waals surface area contributed by atoms with Gasteiger partial charge in [0, 0.05) is 30.2 Å². The number of pyridine rings is 1. The first-order valence-electron chi connectivity index (χ1n) is 12.1. The van der Waals surface area contributed by atoms with E-state index in [2.05, 4.69) is 15.5 Å². The van der Waals surface area contributed by atoms with E-state index in [9.17, 15) is 24.6 Å². The number of aryl methyl sites for hydroxylation is 1. The van der Waals surface area contributed by atoms with Crippen LogP contribution >= 0.6 is 23.2 Å². The molecule has 12 heteroatoms. The predicted molar refractivity (Wildman–Crippen MR) is 145 cm³/mol. The molecule has 0 aliphatic heterocycles. The largest absolute Gasteiger partial charge is 0.373 e. The molecule has 1 aliphatic rings. The molecule has 1 aromatic heterocycles. The quantitative estimate of drug-likeness (QED) is 0.141. The van der Waals surface area contributed by atoms with Crippen molar-refractivity contribution in [2.24, 2.45) is 16.0 Å². The Morgan fingerprint density at radius 2 is 1.92 bits per heavy atom. The van der Waals surface area contributed by atoms with Crippen LogP contribution < -0.4 is 5.32 Å². The van der Waals surface area contributed by atoms with Crippen LogP contribution in [0.1, 0.15) is 69.4 Å². The minimum atomic E-state index is -0.853. The van der Waals surface area contributed by atoms with E-state index >= 15 is 0 Å². The van der Waals surface area contributed by atoms with Crippen LogP contribution in [0, 0.1) is 39.4 Å². The Morgan fingerprint density at radius 3 is 2.42 bits per heavy atom. The number of allylic oxidation sites excluding steroid dienone is 1. The van der Waals surface area contributed by atoms with Gasteiger partial charge in [0.05, 0.1) is 38.8 Å². The van der Waals surface area contributed by atoms with Crippen molar-refractivity contribution in [3.05, 3.63) is 43.7 Å². The number of hydrogen-bond acceptors (Lipinski definition) is 8. The number of nitriles is 1. The molecule has 204 valence electrons. The number of nitrogens with one attached hydrogen (secondary N) is 2. The second-order valence-corrected chi connectivity index (χ2v) is 11.7. The zero-order chi connectivity index (χ0) is 28.8. The molecule has 1 saturated carbocycles. The second-order valence-electron chi connectivity index (χ2n) is 10.9. The predicted octanol–water partition coefficient (Wildman–Crippen LogP) is 5.01. The number of ketones is 1. The number of carbonyl (C=O) groups is 3. The molecule has 0 saturated heterocycles. The molecule has 0 atom stereocenters. The highest BCUT2D eigenvalue weighted by atomic mass is 35.5. The highest BCUT2D eigenvalue weighted by molar-refractivity contribution is 6.40. The topological polar surface area (TPSA) is 156 Å². The molecule has 1 heterocycles. The van der Waals surface area contributed by atoms with Gasteiger partial charge < -0.3 is 15.6 Å². The van der Waals surface area contributed by atoms with Crippen LogP contribution in [0.4, 0.5) is 0 Å². The first kappa shape index (κ1) is 31.1. The molecule has 1 fully saturated rings. The fraction of sp³-hybridized carbons (Fsp3) is 0.538. The fourth-order valence-corrected chi connectivity index (χ4v) is 4.90. The third-order valence-corrected chi connectivity index (χ3v) is 7.26. The van der Waals surface area contributed by atoms with Gasteiger partial charge in [0.2, 0.25) is 0 Å². The van der Waals surface area contributed by atoms with Gasteiger partial charge in [-0.1, -0.05) is 50.9 Å². The van der Waals surface area contributed by atoms with Crippen molar-refractivity contribution in [3.8, 4) is 6.07 Å². The minimum absolute atomic E-state index is 0.0520. The Labute approximate surface area is 232 Å². The lowest BCUT2D eigenvalue weighted by Gasteiger charge is -2.35. The van der Waals surface area contributed by atoms with Crippen molar-refractivity contribution >= 4 is 47.0 Å². The summed E-state index contributed by atoms with van der Waals surface area (Å²) in [5, 5.41) is 23.5. The lowest BCUT2D eigenvalue weighted by Crippen LogP contribution is -2.44. The SMILES string of the molecule is Cc1ncc(Cl)c(C(=O)CN(CC(C)(C)C)C(=O)/C(C=N)=C(\C#N)N[C@H]2CC[C@](C)(C(=O)N=O)CC2)c1Cl. The van der Waals surface area contributed by atoms with Crippen molar-refractivity contribution in [1.82, 2.24) is 15.2 Å². The van der Waals surface area contributed by atoms with Crippen LogP contribution in [0.5, 0.6) is 0 Å². The molecule has 0 radical (unpaired) electrons. The zero-order valence-electron chi connectivity index (χ0n) is 22.2. The molecule has 2 N–H and O–H groups in total. The Bertz CT molecular complexity index is 1210. The summed E-state index contributed by atoms with van der Waals surface area (Å²) in [6.07, 6.45) is 3.81. The summed E-state index contributed by atoms with van der Waals surface area (Å²) >= 11 is 12.5. The fourth-order valence-electron chi connectivity index (χ4n) is 4.35. The van der Waals surface area contributed by atoms with Gasteiger partial charge in [0.25, 0.3) is 11.8 Å². The number of nitroso groups, excluding NO2 is 1. The maximum absolute atomic E-state index is 13.6. The average Bonchev–Trinajstić information content (AvgIpc) is 2.85. The van der Waals surface area contributed by atoms with Crippen LogP contribution in [0.3, 0.4) is 0 Å². The van der Waals surface area contributed by atoms with E-state index < -0.39 is 28.4 Å². The number of nitrogens with zero attached hydrogens (tertiary/aromatic N) is 4. The first-order chi connectivity index (χ1) is 17.7. The molecule has 38 heavy (non-hydrogen) atoms. The Balaban J connectivity index is 2.35. The highest BCUT2D eigenvalue weighted by Crippen LogP contribution is 2.37. The van der Waals surface area contributed by atoms with E-state index in [4.69, 9.17) is 28.6 Å². The van der Waals surface area contributed by atoms with Gasteiger partial charge in [-0.15, -0.1) is 4.91 Å². The summed E-state index contributed by atoms with van der Waals surface area (Å²) in [5.41, 5.74) is -1.12. The van der Waals surface area contributed by atoms with Gasteiger partial charge in [0.15, 0.2) is 5.78 Å². The van der Waals surface area contributed by atoms with Gasteiger partial charge in [0.1, 0.15) is 11.8 Å². The van der Waals surface area contributed by atoms with E-state index in [0.29, 0.717) is 31.4 Å². The number of aromatic nitrogens is 1. The van der Waals surface area contributed by atoms with Crippen LogP contribution in [0.15, 0.2) is 22.6 Å². The molecule has 1 aromatic rings. The molecular weight excluding hydrogens is 531 g/mol. The second kappa shape index (κ2) is 12.6. The Kier molecular flexibility index (Phi) is 10.3. The standard InChI is InChI=1S/C26H32Cl2N6O4/c1-15-22(28)21(18(27)12-31-15)20(35)13-34(14-25(2,3)4)23(36)17(10-29)19(11-30)32-16-6-8-26(5,9-7-16)24(37)33-38/h10,12,16,29,32H,6-9,13-14H2,1-5H3/b19-17+,29-10?/t16-,26-. The van der Waals surface area contributed by atoms with Crippen LogP contribution in [-0.2, 0) is 9.59 Å². The number of rotatable bonds is 9. The monoisotopic (exact) mass is 562 g/mol. The number of carbonyl (C=O) groups excluding carboxylic acids is 3. The van der Waals surface area contributed by atoms with Gasteiger partial charge in [-0.2, -0.15) is 5.26 Å². The molecule has 0 aromatic carbocycles. The number of Topliss-reactive ketones (excluding diaryl/α,β-unsaturated/α-hetero) is 1. The third kappa shape index (κ3) is 7.45. The lowest BCUT2D eigenvalue weighted by atomic mass is 9.73. The maximum Gasteiger partial charge on any atom is 0.292 e. The average molecular weight is 563 g/mol. The van der Waals surface area contributed by atoms with Crippen molar-refractivity contribution in [2.45, 2.75) is 66.3 Å². The van der Waals surface area contributed by atoms with E-state index in [-0.39, 0.29) is 46.0 Å². The molecule has 2 rings (SSSR count). The van der Waals surface area contributed by atoms with Gasteiger partial charge in [-0.05, 0) is 38.0 Å². The Hall–Kier alpha value is -3.16. The summed E-state index contributed by atoms with van der Waals surface area (Å²) in [6, 6.07) is 1.71. The van der Waals surface area contributed by atoms with Crippen molar-refractivity contribution in [3.63, 3.8) is 0 Å². The van der Waals surface area contributed by atoms with Gasteiger partial charge >= 0.3 is 0 Å². The van der Waals surface area contributed by atoms with E-state index in [1.54, 1.807) is 13.8 Å². The van der Waals surface area contributed by atoms with Gasteiger partial charge in [-0.3, -0.25) is 19.4 Å². The van der Waals surface area contributed by atoms with Crippen LogP contribution in [-0.4, -0.2) is 52.8 Å².